The zero-order valence-corrected chi connectivity index (χ0v) is 12.7. The number of hydrogen-bond donors (Lipinski definition) is 0. The molecule has 2 aromatic rings. The van der Waals surface area contributed by atoms with Crippen molar-refractivity contribution in [2.24, 2.45) is 0 Å². The maximum atomic E-state index is 13.4. The van der Waals surface area contributed by atoms with Crippen LogP contribution in [0.15, 0.2) is 24.3 Å². The molecule has 1 aliphatic carbocycles. The Balaban J connectivity index is 0.00000147. The van der Waals surface area contributed by atoms with E-state index in [1.165, 1.54) is 0 Å². The summed E-state index contributed by atoms with van der Waals surface area (Å²) in [6.07, 6.45) is 3.95. The lowest BCUT2D eigenvalue weighted by molar-refractivity contribution is -0.0868. The van der Waals surface area contributed by atoms with Crippen LogP contribution in [0.3, 0.4) is 0 Å². The lowest BCUT2D eigenvalue weighted by atomic mass is 10.1. The largest absolute Gasteiger partial charge is 1.00 e. The normalized spacial score (nSPS) is 17.5. The molecule has 1 aliphatic rings. The number of rotatable bonds is 1. The van der Waals surface area contributed by atoms with E-state index in [0.717, 1.165) is 36.6 Å². The summed E-state index contributed by atoms with van der Waals surface area (Å²) < 4.78 is 40.8. The van der Waals surface area contributed by atoms with Crippen molar-refractivity contribution in [1.82, 2.24) is 0 Å². The molecule has 0 bridgehead atoms. The molecular weight excluding hydrogens is 305 g/mol. The van der Waals surface area contributed by atoms with Crippen LogP contribution < -0.4 is 12.4 Å². The summed E-state index contributed by atoms with van der Waals surface area (Å²) in [5, 5.41) is 0.771. The van der Waals surface area contributed by atoms with Gasteiger partial charge in [-0.05, 0) is 31.4 Å². The van der Waals surface area contributed by atoms with E-state index in [-0.39, 0.29) is 18.3 Å². The van der Waals surface area contributed by atoms with E-state index in [4.69, 9.17) is 0 Å². The summed E-state index contributed by atoms with van der Waals surface area (Å²) in [4.78, 5) is 0.630. The average Bonchev–Trinajstić information content (AvgIpc) is 2.92. The van der Waals surface area contributed by atoms with Gasteiger partial charge in [0.05, 0.1) is 10.5 Å². The van der Waals surface area contributed by atoms with Crippen LogP contribution in [0.5, 0.6) is 0 Å². The molecule has 0 aliphatic heterocycles. The van der Waals surface area contributed by atoms with E-state index in [0.29, 0.717) is 9.58 Å². The van der Waals surface area contributed by atoms with Gasteiger partial charge in [-0.25, -0.2) is 0 Å². The zero-order valence-electron chi connectivity index (χ0n) is 11.1. The molecule has 1 saturated carbocycles. The molecule has 0 radical (unpaired) electrons. The second-order valence-corrected chi connectivity index (χ2v) is 7.31. The minimum atomic E-state index is -4.15. The number of halogens is 4. The van der Waals surface area contributed by atoms with Gasteiger partial charge in [0.2, 0.25) is 0 Å². The van der Waals surface area contributed by atoms with Gasteiger partial charge >= 0.3 is 5.51 Å². The highest BCUT2D eigenvalue weighted by Gasteiger charge is 2.49. The number of thiophene rings is 1. The van der Waals surface area contributed by atoms with Crippen molar-refractivity contribution in [2.75, 3.05) is 0 Å². The summed E-state index contributed by atoms with van der Waals surface area (Å²) in [5.74, 6) is 0.137. The van der Waals surface area contributed by atoms with Crippen LogP contribution in [0.1, 0.15) is 42.0 Å². The monoisotopic (exact) mass is 320 g/mol. The van der Waals surface area contributed by atoms with Crippen molar-refractivity contribution in [3.05, 3.63) is 34.7 Å². The van der Waals surface area contributed by atoms with E-state index >= 15 is 0 Å². The van der Waals surface area contributed by atoms with Crippen molar-refractivity contribution in [3.8, 4) is 0 Å². The fourth-order valence-electron chi connectivity index (χ4n) is 3.03. The maximum absolute atomic E-state index is 13.4. The van der Waals surface area contributed by atoms with Crippen LogP contribution in [0.25, 0.3) is 10.1 Å². The van der Waals surface area contributed by atoms with Gasteiger partial charge in [-0.2, -0.15) is 0 Å². The van der Waals surface area contributed by atoms with Crippen LogP contribution in [0, 0.1) is 6.92 Å². The first-order valence-electron chi connectivity index (χ1n) is 6.60. The molecule has 1 aromatic heterocycles. The number of hydrogen-bond acceptors (Lipinski definition) is 0. The van der Waals surface area contributed by atoms with Gasteiger partial charge in [0.25, 0.3) is 0 Å². The van der Waals surface area contributed by atoms with E-state index in [1.807, 2.05) is 19.1 Å². The van der Waals surface area contributed by atoms with E-state index in [2.05, 4.69) is 0 Å². The summed E-state index contributed by atoms with van der Waals surface area (Å²) in [6.45, 7) is 1.85. The molecule has 0 amide bonds. The molecule has 20 heavy (non-hydrogen) atoms. The fourth-order valence-corrected chi connectivity index (χ4v) is 5.28. The van der Waals surface area contributed by atoms with Gasteiger partial charge in [-0.3, -0.25) is 0 Å². The third-order valence-corrected chi connectivity index (χ3v) is 6.09. The zero-order chi connectivity index (χ0) is 13.6. The van der Waals surface area contributed by atoms with Crippen molar-refractivity contribution >= 4 is 20.6 Å². The Hall–Kier alpha value is -0.740. The molecular formula is C15H16ClF3S. The van der Waals surface area contributed by atoms with Crippen LogP contribution >= 0.6 is 10.5 Å². The Morgan fingerprint density at radius 2 is 1.75 bits per heavy atom. The van der Waals surface area contributed by atoms with Crippen LogP contribution in [-0.2, 0) is 5.51 Å². The third-order valence-electron chi connectivity index (χ3n) is 3.91. The molecule has 1 aromatic carbocycles. The average molecular weight is 321 g/mol. The predicted molar refractivity (Wildman–Crippen MR) is 73.7 cm³/mol. The summed E-state index contributed by atoms with van der Waals surface area (Å²) in [6, 6.07) is 7.24. The lowest BCUT2D eigenvalue weighted by Crippen LogP contribution is -3.00. The van der Waals surface area contributed by atoms with E-state index in [1.54, 1.807) is 12.1 Å². The highest BCUT2D eigenvalue weighted by Crippen LogP contribution is 2.55. The highest BCUT2D eigenvalue weighted by atomic mass is 35.5. The molecule has 1 atom stereocenters. The van der Waals surface area contributed by atoms with Gasteiger partial charge in [-0.15, -0.1) is 13.2 Å². The van der Waals surface area contributed by atoms with E-state index in [9.17, 15) is 13.2 Å². The second-order valence-electron chi connectivity index (χ2n) is 5.32. The van der Waals surface area contributed by atoms with Crippen molar-refractivity contribution in [3.63, 3.8) is 0 Å². The molecule has 1 fully saturated rings. The van der Waals surface area contributed by atoms with Gasteiger partial charge in [0.1, 0.15) is 0 Å². The predicted octanol–water partition coefficient (Wildman–Crippen LogP) is 3.04. The summed E-state index contributed by atoms with van der Waals surface area (Å²) >= 11 is 0. The maximum Gasteiger partial charge on any atom is 0.600 e. The number of fused-ring (bicyclic) bond motifs is 1. The van der Waals surface area contributed by atoms with Crippen molar-refractivity contribution in [1.29, 1.82) is 0 Å². The molecule has 0 saturated heterocycles. The first-order valence-corrected chi connectivity index (χ1v) is 7.82. The molecule has 1 heterocycles. The Labute approximate surface area is 125 Å². The Morgan fingerprint density at radius 1 is 1.10 bits per heavy atom. The van der Waals surface area contributed by atoms with Crippen LogP contribution in [0.2, 0.25) is 0 Å². The number of alkyl halides is 3. The molecule has 0 N–H and O–H groups in total. The topological polar surface area (TPSA) is 0 Å². The Morgan fingerprint density at radius 3 is 2.35 bits per heavy atom. The number of aryl methyl sites for hydroxylation is 1. The Bertz CT molecular complexity index is 609. The van der Waals surface area contributed by atoms with Gasteiger partial charge in [0.15, 0.2) is 9.58 Å². The Kier molecular flexibility index (Phi) is 4.35. The van der Waals surface area contributed by atoms with E-state index < -0.39 is 16.0 Å². The van der Waals surface area contributed by atoms with Crippen LogP contribution in [-0.4, -0.2) is 0 Å². The smallest absolute Gasteiger partial charge is 0.600 e. The fraction of sp³-hybridized carbons (Fsp3) is 0.467. The van der Waals surface area contributed by atoms with Crippen molar-refractivity contribution in [2.45, 2.75) is 44.0 Å². The quantitative estimate of drug-likeness (QED) is 0.709. The van der Waals surface area contributed by atoms with Gasteiger partial charge in [-0.1, -0.05) is 18.9 Å². The minimum absolute atomic E-state index is 0. The molecule has 0 spiro atoms. The van der Waals surface area contributed by atoms with Gasteiger partial charge in [0, 0.05) is 23.4 Å². The summed E-state index contributed by atoms with van der Waals surface area (Å²) in [5.41, 5.74) is -3.24. The summed E-state index contributed by atoms with van der Waals surface area (Å²) in [7, 11) is -1.70. The van der Waals surface area contributed by atoms with Crippen molar-refractivity contribution < 1.29 is 25.6 Å². The standard InChI is InChI=1S/C15H16F3S.ClH/c1-10-6-7-12-9-14(11-4-2-3-5-11)19(13(12)8-10)15(16,17)18;/h6-9,11H,2-5H2,1H3;1H/q+1;/p-1. The minimum Gasteiger partial charge on any atom is -1.00 e. The number of benzene rings is 1. The molecule has 1 unspecified atom stereocenters. The SMILES string of the molecule is Cc1ccc2cc(C3CCCC3)[s+](C(F)(F)F)c2c1.[Cl-]. The molecule has 3 rings (SSSR count). The first kappa shape index (κ1) is 15.6. The second kappa shape index (κ2) is 5.57. The molecule has 0 nitrogen and oxygen atoms in total. The lowest BCUT2D eigenvalue weighted by Gasteiger charge is -2.05. The third kappa shape index (κ3) is 2.68. The van der Waals surface area contributed by atoms with Gasteiger partial charge < -0.3 is 12.4 Å². The molecule has 110 valence electrons. The van der Waals surface area contributed by atoms with Crippen LogP contribution in [0.4, 0.5) is 13.2 Å². The molecule has 5 heteroatoms. The highest BCUT2D eigenvalue weighted by molar-refractivity contribution is 7.38. The first-order chi connectivity index (χ1) is 8.97.